The molecule has 0 bridgehead atoms. The molecule has 0 aromatic heterocycles. The molecule has 98 valence electrons. The lowest BCUT2D eigenvalue weighted by Crippen LogP contribution is -2.53. The molecule has 5 nitrogen and oxygen atoms in total. The number of carbonyl (C=O) groups excluding carboxylic acids is 1. The fourth-order valence-electron chi connectivity index (χ4n) is 2.30. The first-order valence-electron chi connectivity index (χ1n) is 6.18. The first kappa shape index (κ1) is 14.0. The van der Waals surface area contributed by atoms with Gasteiger partial charge in [-0.1, -0.05) is 19.3 Å². The summed E-state index contributed by atoms with van der Waals surface area (Å²) in [5, 5.41) is 14.7. The van der Waals surface area contributed by atoms with E-state index in [9.17, 15) is 9.59 Å². The van der Waals surface area contributed by atoms with E-state index in [2.05, 4.69) is 17.6 Å². The lowest BCUT2D eigenvalue weighted by Gasteiger charge is -2.35. The van der Waals surface area contributed by atoms with Gasteiger partial charge in [0, 0.05) is 19.0 Å². The van der Waals surface area contributed by atoms with Gasteiger partial charge in [0.2, 0.25) is 5.91 Å². The molecule has 0 saturated heterocycles. The van der Waals surface area contributed by atoms with E-state index in [-0.39, 0.29) is 18.0 Å². The summed E-state index contributed by atoms with van der Waals surface area (Å²) in [5.74, 6) is -1.31. The SMILES string of the molecule is CC(=O)NC(CNC1(C)CCCCC1)C(=O)O. The van der Waals surface area contributed by atoms with Gasteiger partial charge in [-0.25, -0.2) is 4.79 Å². The molecule has 17 heavy (non-hydrogen) atoms. The smallest absolute Gasteiger partial charge is 0.327 e. The number of hydrogen-bond donors (Lipinski definition) is 3. The molecule has 0 aliphatic heterocycles. The highest BCUT2D eigenvalue weighted by Gasteiger charge is 2.28. The van der Waals surface area contributed by atoms with Gasteiger partial charge >= 0.3 is 5.97 Å². The fourth-order valence-corrected chi connectivity index (χ4v) is 2.30. The molecular weight excluding hydrogens is 220 g/mol. The zero-order valence-electron chi connectivity index (χ0n) is 10.6. The summed E-state index contributed by atoms with van der Waals surface area (Å²) in [6.07, 6.45) is 5.76. The molecule has 1 fully saturated rings. The third-order valence-corrected chi connectivity index (χ3v) is 3.37. The maximum absolute atomic E-state index is 11.0. The minimum atomic E-state index is -0.993. The molecule has 1 atom stereocenters. The standard InChI is InChI=1S/C12H22N2O3/c1-9(15)14-10(11(16)17)8-13-12(2)6-4-3-5-7-12/h10,13H,3-8H2,1-2H3,(H,14,15)(H,16,17). The second kappa shape index (κ2) is 6.00. The molecule has 0 spiro atoms. The number of carbonyl (C=O) groups is 2. The zero-order valence-corrected chi connectivity index (χ0v) is 10.6. The molecule has 1 aliphatic rings. The molecular formula is C12H22N2O3. The van der Waals surface area contributed by atoms with Gasteiger partial charge in [-0.3, -0.25) is 4.79 Å². The molecule has 3 N–H and O–H groups in total. The number of carboxylic acid groups (broad SMARTS) is 1. The maximum atomic E-state index is 11.0. The van der Waals surface area contributed by atoms with Crippen LogP contribution in [-0.2, 0) is 9.59 Å². The van der Waals surface area contributed by atoms with E-state index in [1.165, 1.54) is 26.2 Å². The highest BCUT2D eigenvalue weighted by Crippen LogP contribution is 2.27. The molecule has 1 aliphatic carbocycles. The first-order chi connectivity index (χ1) is 7.93. The Balaban J connectivity index is 2.45. The maximum Gasteiger partial charge on any atom is 0.327 e. The van der Waals surface area contributed by atoms with Crippen molar-refractivity contribution in [3.05, 3.63) is 0 Å². The summed E-state index contributed by atoms with van der Waals surface area (Å²) in [7, 11) is 0. The molecule has 1 rings (SSSR count). The van der Waals surface area contributed by atoms with Gasteiger partial charge < -0.3 is 15.7 Å². The van der Waals surface area contributed by atoms with Crippen molar-refractivity contribution in [2.24, 2.45) is 0 Å². The van der Waals surface area contributed by atoms with Gasteiger partial charge in [0.05, 0.1) is 0 Å². The summed E-state index contributed by atoms with van der Waals surface area (Å²) in [5.41, 5.74) is 0.0183. The third-order valence-electron chi connectivity index (χ3n) is 3.37. The van der Waals surface area contributed by atoms with Crippen LogP contribution in [0.25, 0.3) is 0 Å². The van der Waals surface area contributed by atoms with E-state index in [0.717, 1.165) is 12.8 Å². The van der Waals surface area contributed by atoms with Crippen LogP contribution < -0.4 is 10.6 Å². The Morgan fingerprint density at radius 1 is 1.29 bits per heavy atom. The Bertz CT molecular complexity index is 285. The van der Waals surface area contributed by atoms with Gasteiger partial charge in [0.25, 0.3) is 0 Å². The van der Waals surface area contributed by atoms with Crippen molar-refractivity contribution in [1.29, 1.82) is 0 Å². The van der Waals surface area contributed by atoms with Gasteiger partial charge in [0.15, 0.2) is 0 Å². The number of aliphatic carboxylic acids is 1. The molecule has 1 saturated carbocycles. The van der Waals surface area contributed by atoms with Crippen molar-refractivity contribution < 1.29 is 14.7 Å². The predicted molar refractivity (Wildman–Crippen MR) is 64.7 cm³/mol. The zero-order chi connectivity index (χ0) is 12.9. The quantitative estimate of drug-likeness (QED) is 0.669. The number of amides is 1. The van der Waals surface area contributed by atoms with Gasteiger partial charge in [0.1, 0.15) is 6.04 Å². The Labute approximate surface area is 102 Å². The van der Waals surface area contributed by atoms with E-state index in [1.54, 1.807) is 0 Å². The molecule has 1 amide bonds. The summed E-state index contributed by atoms with van der Waals surface area (Å²) >= 11 is 0. The average molecular weight is 242 g/mol. The normalized spacial score (nSPS) is 20.6. The predicted octanol–water partition coefficient (Wildman–Crippen LogP) is 0.888. The fraction of sp³-hybridized carbons (Fsp3) is 0.833. The minimum Gasteiger partial charge on any atom is -0.480 e. The van der Waals surface area contributed by atoms with Gasteiger partial charge in [-0.15, -0.1) is 0 Å². The Hall–Kier alpha value is -1.10. The van der Waals surface area contributed by atoms with Crippen LogP contribution in [0.15, 0.2) is 0 Å². The topological polar surface area (TPSA) is 78.4 Å². The van der Waals surface area contributed by atoms with Gasteiger partial charge in [-0.05, 0) is 19.8 Å². The second-order valence-corrected chi connectivity index (χ2v) is 5.09. The second-order valence-electron chi connectivity index (χ2n) is 5.09. The minimum absolute atomic E-state index is 0.0183. The highest BCUT2D eigenvalue weighted by atomic mass is 16.4. The lowest BCUT2D eigenvalue weighted by atomic mass is 9.83. The van der Waals surface area contributed by atoms with Crippen LogP contribution >= 0.6 is 0 Å². The van der Waals surface area contributed by atoms with Crippen molar-refractivity contribution in [2.75, 3.05) is 6.54 Å². The van der Waals surface area contributed by atoms with Crippen molar-refractivity contribution in [1.82, 2.24) is 10.6 Å². The molecule has 0 aromatic carbocycles. The van der Waals surface area contributed by atoms with Crippen LogP contribution in [0.2, 0.25) is 0 Å². The van der Waals surface area contributed by atoms with Crippen LogP contribution in [0.3, 0.4) is 0 Å². The summed E-state index contributed by atoms with van der Waals surface area (Å²) in [4.78, 5) is 21.8. The molecule has 1 unspecified atom stereocenters. The van der Waals surface area contributed by atoms with E-state index in [1.807, 2.05) is 0 Å². The monoisotopic (exact) mass is 242 g/mol. The van der Waals surface area contributed by atoms with Crippen molar-refractivity contribution in [2.45, 2.75) is 57.5 Å². The number of nitrogens with one attached hydrogen (secondary N) is 2. The summed E-state index contributed by atoms with van der Waals surface area (Å²) < 4.78 is 0. The van der Waals surface area contributed by atoms with Crippen LogP contribution in [0.4, 0.5) is 0 Å². The summed E-state index contributed by atoms with van der Waals surface area (Å²) in [6, 6.07) is -0.841. The molecule has 0 heterocycles. The van der Waals surface area contributed by atoms with Crippen molar-refractivity contribution >= 4 is 11.9 Å². The van der Waals surface area contributed by atoms with E-state index in [0.29, 0.717) is 0 Å². The number of carboxylic acids is 1. The number of rotatable bonds is 5. The Kier molecular flexibility index (Phi) is 4.93. The van der Waals surface area contributed by atoms with E-state index < -0.39 is 12.0 Å². The average Bonchev–Trinajstić information content (AvgIpc) is 2.24. The van der Waals surface area contributed by atoms with E-state index in [4.69, 9.17) is 5.11 Å². The molecule has 5 heteroatoms. The van der Waals surface area contributed by atoms with Crippen molar-refractivity contribution in [3.8, 4) is 0 Å². The number of hydrogen-bond acceptors (Lipinski definition) is 3. The molecule has 0 aromatic rings. The van der Waals surface area contributed by atoms with Crippen LogP contribution in [-0.4, -0.2) is 35.1 Å². The first-order valence-corrected chi connectivity index (χ1v) is 6.18. The highest BCUT2D eigenvalue weighted by molar-refractivity contribution is 5.82. The van der Waals surface area contributed by atoms with Crippen LogP contribution in [0, 0.1) is 0 Å². The van der Waals surface area contributed by atoms with Crippen LogP contribution in [0.1, 0.15) is 46.0 Å². The van der Waals surface area contributed by atoms with Crippen molar-refractivity contribution in [3.63, 3.8) is 0 Å². The lowest BCUT2D eigenvalue weighted by molar-refractivity contribution is -0.141. The molecule has 0 radical (unpaired) electrons. The van der Waals surface area contributed by atoms with Gasteiger partial charge in [-0.2, -0.15) is 0 Å². The Morgan fingerprint density at radius 3 is 2.35 bits per heavy atom. The largest absolute Gasteiger partial charge is 0.480 e. The third kappa shape index (κ3) is 4.73. The van der Waals surface area contributed by atoms with E-state index >= 15 is 0 Å². The summed E-state index contributed by atoms with van der Waals surface area (Å²) in [6.45, 7) is 3.74. The Morgan fingerprint density at radius 2 is 1.88 bits per heavy atom. The van der Waals surface area contributed by atoms with Crippen LogP contribution in [0.5, 0.6) is 0 Å².